The fourth-order valence-electron chi connectivity index (χ4n) is 1.33. The summed E-state index contributed by atoms with van der Waals surface area (Å²) in [6.07, 6.45) is 0. The molecule has 0 saturated heterocycles. The SMILES string of the molecule is CCOc1cc(N)cc(C(=O)OC(C)(C)C)c1. The number of ether oxygens (including phenoxy) is 2. The Kier molecular flexibility index (Phi) is 3.99. The predicted molar refractivity (Wildman–Crippen MR) is 67.2 cm³/mol. The van der Waals surface area contributed by atoms with Crippen LogP contribution in [0.3, 0.4) is 0 Å². The topological polar surface area (TPSA) is 61.5 Å². The Balaban J connectivity index is 2.93. The molecule has 17 heavy (non-hydrogen) atoms. The fourth-order valence-corrected chi connectivity index (χ4v) is 1.33. The standard InChI is InChI=1S/C13H19NO3/c1-5-16-11-7-9(6-10(14)8-11)12(15)17-13(2,3)4/h6-8H,5,14H2,1-4H3. The maximum atomic E-state index is 11.8. The van der Waals surface area contributed by atoms with Gasteiger partial charge in [0.2, 0.25) is 0 Å². The van der Waals surface area contributed by atoms with Crippen LogP contribution in [0.25, 0.3) is 0 Å². The number of benzene rings is 1. The molecule has 4 nitrogen and oxygen atoms in total. The number of nitrogens with two attached hydrogens (primary N) is 1. The summed E-state index contributed by atoms with van der Waals surface area (Å²) in [4.78, 5) is 11.8. The number of carbonyl (C=O) groups is 1. The van der Waals surface area contributed by atoms with Crippen molar-refractivity contribution in [3.8, 4) is 5.75 Å². The second-order valence-electron chi connectivity index (χ2n) is 4.73. The normalized spacial score (nSPS) is 11.1. The van der Waals surface area contributed by atoms with E-state index in [1.54, 1.807) is 18.2 Å². The largest absolute Gasteiger partial charge is 0.494 e. The first-order valence-electron chi connectivity index (χ1n) is 5.58. The summed E-state index contributed by atoms with van der Waals surface area (Å²) in [5, 5.41) is 0. The quantitative estimate of drug-likeness (QED) is 0.648. The molecule has 0 aliphatic heterocycles. The number of nitrogen functional groups attached to an aromatic ring is 1. The number of hydrogen-bond donors (Lipinski definition) is 1. The Morgan fingerprint density at radius 1 is 1.29 bits per heavy atom. The van der Waals surface area contributed by atoms with Crippen molar-refractivity contribution in [3.63, 3.8) is 0 Å². The molecule has 0 amide bonds. The monoisotopic (exact) mass is 237 g/mol. The smallest absolute Gasteiger partial charge is 0.338 e. The minimum atomic E-state index is -0.520. The van der Waals surface area contributed by atoms with E-state index in [-0.39, 0.29) is 0 Å². The summed E-state index contributed by atoms with van der Waals surface area (Å²) < 4.78 is 10.6. The van der Waals surface area contributed by atoms with E-state index in [0.717, 1.165) is 0 Å². The number of hydrogen-bond acceptors (Lipinski definition) is 4. The first-order chi connectivity index (χ1) is 7.81. The minimum absolute atomic E-state index is 0.397. The zero-order chi connectivity index (χ0) is 13.1. The van der Waals surface area contributed by atoms with Gasteiger partial charge in [0.25, 0.3) is 0 Å². The molecule has 2 N–H and O–H groups in total. The van der Waals surface area contributed by atoms with E-state index in [9.17, 15) is 4.79 Å². The molecule has 0 radical (unpaired) electrons. The molecule has 0 heterocycles. The maximum absolute atomic E-state index is 11.8. The Hall–Kier alpha value is -1.71. The molecule has 0 bridgehead atoms. The molecule has 0 spiro atoms. The molecule has 0 fully saturated rings. The highest BCUT2D eigenvalue weighted by Crippen LogP contribution is 2.21. The van der Waals surface area contributed by atoms with Gasteiger partial charge < -0.3 is 15.2 Å². The van der Waals surface area contributed by atoms with Gasteiger partial charge in [-0.2, -0.15) is 0 Å². The van der Waals surface area contributed by atoms with Gasteiger partial charge in [0.05, 0.1) is 12.2 Å². The Morgan fingerprint density at radius 3 is 2.47 bits per heavy atom. The molecule has 1 aromatic carbocycles. The predicted octanol–water partition coefficient (Wildman–Crippen LogP) is 2.62. The lowest BCUT2D eigenvalue weighted by molar-refractivity contribution is 0.00691. The van der Waals surface area contributed by atoms with Crippen molar-refractivity contribution in [2.75, 3.05) is 12.3 Å². The van der Waals surface area contributed by atoms with Crippen LogP contribution in [0.4, 0.5) is 5.69 Å². The van der Waals surface area contributed by atoms with Gasteiger partial charge in [-0.3, -0.25) is 0 Å². The first kappa shape index (κ1) is 13.4. The molecule has 0 saturated carbocycles. The first-order valence-corrected chi connectivity index (χ1v) is 5.58. The average molecular weight is 237 g/mol. The fraction of sp³-hybridized carbons (Fsp3) is 0.462. The lowest BCUT2D eigenvalue weighted by atomic mass is 10.1. The highest BCUT2D eigenvalue weighted by Gasteiger charge is 2.18. The van der Waals surface area contributed by atoms with Crippen molar-refractivity contribution in [1.29, 1.82) is 0 Å². The van der Waals surface area contributed by atoms with Crippen LogP contribution >= 0.6 is 0 Å². The zero-order valence-electron chi connectivity index (χ0n) is 10.7. The molecular weight excluding hydrogens is 218 g/mol. The molecule has 0 aliphatic carbocycles. The van der Waals surface area contributed by atoms with Crippen molar-refractivity contribution in [2.45, 2.75) is 33.3 Å². The third-order valence-electron chi connectivity index (χ3n) is 1.87. The van der Waals surface area contributed by atoms with Gasteiger partial charge in [0, 0.05) is 11.8 Å². The van der Waals surface area contributed by atoms with Crippen LogP contribution in [0.5, 0.6) is 5.75 Å². The molecule has 1 rings (SSSR count). The summed E-state index contributed by atoms with van der Waals surface area (Å²) in [6.45, 7) is 7.86. The lowest BCUT2D eigenvalue weighted by Gasteiger charge is -2.19. The lowest BCUT2D eigenvalue weighted by Crippen LogP contribution is -2.24. The van der Waals surface area contributed by atoms with E-state index in [4.69, 9.17) is 15.2 Å². The average Bonchev–Trinajstić information content (AvgIpc) is 2.14. The van der Waals surface area contributed by atoms with Crippen LogP contribution in [-0.4, -0.2) is 18.2 Å². The third-order valence-corrected chi connectivity index (χ3v) is 1.87. The maximum Gasteiger partial charge on any atom is 0.338 e. The Morgan fingerprint density at radius 2 is 1.94 bits per heavy atom. The molecular formula is C13H19NO3. The Bertz CT molecular complexity index is 408. The second-order valence-corrected chi connectivity index (χ2v) is 4.73. The van der Waals surface area contributed by atoms with Gasteiger partial charge >= 0.3 is 5.97 Å². The molecule has 0 aromatic heterocycles. The number of carbonyl (C=O) groups excluding carboxylic acids is 1. The van der Waals surface area contributed by atoms with E-state index >= 15 is 0 Å². The summed E-state index contributed by atoms with van der Waals surface area (Å²) in [5.74, 6) is 0.180. The van der Waals surface area contributed by atoms with Crippen LogP contribution in [0.1, 0.15) is 38.1 Å². The number of anilines is 1. The van der Waals surface area contributed by atoms with Gasteiger partial charge in [-0.25, -0.2) is 4.79 Å². The third kappa shape index (κ3) is 4.34. The molecule has 4 heteroatoms. The number of esters is 1. The molecule has 94 valence electrons. The highest BCUT2D eigenvalue weighted by molar-refractivity contribution is 5.91. The summed E-state index contributed by atoms with van der Waals surface area (Å²) in [7, 11) is 0. The van der Waals surface area contributed by atoms with E-state index < -0.39 is 11.6 Å². The van der Waals surface area contributed by atoms with Gasteiger partial charge in [-0.15, -0.1) is 0 Å². The van der Waals surface area contributed by atoms with E-state index in [0.29, 0.717) is 23.6 Å². The van der Waals surface area contributed by atoms with Crippen LogP contribution in [0, 0.1) is 0 Å². The van der Waals surface area contributed by atoms with E-state index in [1.165, 1.54) is 0 Å². The van der Waals surface area contributed by atoms with Gasteiger partial charge in [-0.1, -0.05) is 0 Å². The van der Waals surface area contributed by atoms with Gasteiger partial charge in [0.1, 0.15) is 11.4 Å². The Labute approximate surface area is 102 Å². The summed E-state index contributed by atoms with van der Waals surface area (Å²) in [6, 6.07) is 4.89. The molecule has 0 unspecified atom stereocenters. The highest BCUT2D eigenvalue weighted by atomic mass is 16.6. The summed E-state index contributed by atoms with van der Waals surface area (Å²) in [5.41, 5.74) is 6.07. The van der Waals surface area contributed by atoms with Gasteiger partial charge in [-0.05, 0) is 39.8 Å². The molecule has 0 aliphatic rings. The number of rotatable bonds is 3. The van der Waals surface area contributed by atoms with Crippen molar-refractivity contribution >= 4 is 11.7 Å². The van der Waals surface area contributed by atoms with Crippen molar-refractivity contribution in [2.24, 2.45) is 0 Å². The van der Waals surface area contributed by atoms with Crippen molar-refractivity contribution in [1.82, 2.24) is 0 Å². The second kappa shape index (κ2) is 5.08. The van der Waals surface area contributed by atoms with Crippen molar-refractivity contribution < 1.29 is 14.3 Å². The van der Waals surface area contributed by atoms with Crippen LogP contribution in [0.15, 0.2) is 18.2 Å². The van der Waals surface area contributed by atoms with Crippen molar-refractivity contribution in [3.05, 3.63) is 23.8 Å². The van der Waals surface area contributed by atoms with Crippen LogP contribution in [-0.2, 0) is 4.74 Å². The minimum Gasteiger partial charge on any atom is -0.494 e. The molecule has 1 aromatic rings. The molecule has 0 atom stereocenters. The van der Waals surface area contributed by atoms with Crippen LogP contribution in [0.2, 0.25) is 0 Å². The van der Waals surface area contributed by atoms with E-state index in [1.807, 2.05) is 27.7 Å². The van der Waals surface area contributed by atoms with E-state index in [2.05, 4.69) is 0 Å². The van der Waals surface area contributed by atoms with Gasteiger partial charge in [0.15, 0.2) is 0 Å². The summed E-state index contributed by atoms with van der Waals surface area (Å²) >= 11 is 0. The zero-order valence-corrected chi connectivity index (χ0v) is 10.7. The van der Waals surface area contributed by atoms with Crippen LogP contribution < -0.4 is 10.5 Å².